The van der Waals surface area contributed by atoms with Crippen LogP contribution in [0.3, 0.4) is 0 Å². The van der Waals surface area contributed by atoms with E-state index in [0.717, 1.165) is 40.3 Å². The highest BCUT2D eigenvalue weighted by Gasteiger charge is 2.33. The molecule has 12 nitrogen and oxygen atoms in total. The Morgan fingerprint density at radius 3 is 2.42 bits per heavy atom. The number of pyridine rings is 1. The maximum absolute atomic E-state index is 15.9. The number of aromatic carboxylic acids is 1. The minimum atomic E-state index is -4.31. The van der Waals surface area contributed by atoms with Crippen molar-refractivity contribution in [3.05, 3.63) is 94.6 Å². The predicted molar refractivity (Wildman–Crippen MR) is 210 cm³/mol. The van der Waals surface area contributed by atoms with E-state index in [1.165, 1.54) is 18.2 Å². The maximum atomic E-state index is 15.9. The number of nitrogens with one attached hydrogen (secondary N) is 2. The Labute approximate surface area is 321 Å². The molecule has 0 spiro atoms. The van der Waals surface area contributed by atoms with Crippen molar-refractivity contribution < 1.29 is 32.2 Å². The van der Waals surface area contributed by atoms with Crippen LogP contribution >= 0.6 is 0 Å². The van der Waals surface area contributed by atoms with Crippen LogP contribution in [0.1, 0.15) is 92.8 Å². The molecule has 14 heteroatoms. The Morgan fingerprint density at radius 2 is 1.75 bits per heavy atom. The maximum Gasteiger partial charge on any atom is 0.335 e. The zero-order chi connectivity index (χ0) is 39.8. The monoisotopic (exact) mass is 772 g/mol. The fourth-order valence-electron chi connectivity index (χ4n) is 7.30. The van der Waals surface area contributed by atoms with Gasteiger partial charge in [-0.05, 0) is 88.4 Å². The molecule has 0 bridgehead atoms. The first-order valence-corrected chi connectivity index (χ1v) is 19.9. The molecular formula is C41H49FN6O6S. The molecule has 292 valence electrons. The van der Waals surface area contributed by atoms with Crippen LogP contribution in [0.2, 0.25) is 0 Å². The molecule has 4 heterocycles. The zero-order valence-electron chi connectivity index (χ0n) is 32.5. The molecule has 1 fully saturated rings. The molecule has 1 aliphatic heterocycles. The molecule has 1 saturated heterocycles. The first kappa shape index (κ1) is 39.8. The standard InChI is InChI=1S/C41H49FN6O6S/c1-23(2)54-33-17-11-16-30(37-29(42)19-27-20-34(41(5,6)7)48(8)38(27)46-37)43-32(33)22-53-35-21-31(36-24(3)12-9-13-25(36)4)44-40(45-35)47-55(51,52)28-15-10-14-26(18-28)39(49)50/h9-10,12-15,18-21,23,30,32-33,43H,11,16-17,22H2,1-8H3,(H,49,50)(H,44,45,47)/t30-,32-,33+/m0/s1. The summed E-state index contributed by atoms with van der Waals surface area (Å²) in [4.78, 5) is 25.2. The molecule has 3 atom stereocenters. The van der Waals surface area contributed by atoms with Gasteiger partial charge in [0, 0.05) is 35.2 Å². The summed E-state index contributed by atoms with van der Waals surface area (Å²) >= 11 is 0. The van der Waals surface area contributed by atoms with Crippen LogP contribution in [-0.4, -0.2) is 63.9 Å². The molecule has 3 aromatic heterocycles. The number of ether oxygens (including phenoxy) is 2. The Bertz CT molecular complexity index is 2320. The third kappa shape index (κ3) is 8.82. The van der Waals surface area contributed by atoms with E-state index in [-0.39, 0.29) is 52.3 Å². The smallest absolute Gasteiger partial charge is 0.335 e. The Morgan fingerprint density at radius 1 is 1.04 bits per heavy atom. The van der Waals surface area contributed by atoms with Crippen LogP contribution in [0.25, 0.3) is 22.3 Å². The van der Waals surface area contributed by atoms with Gasteiger partial charge >= 0.3 is 5.97 Å². The Kier molecular flexibility index (Phi) is 11.3. The number of carbonyl (C=O) groups is 1. The highest BCUT2D eigenvalue weighted by Crippen LogP contribution is 2.34. The number of nitrogens with zero attached hydrogens (tertiary/aromatic N) is 4. The molecule has 6 rings (SSSR count). The predicted octanol–water partition coefficient (Wildman–Crippen LogP) is 7.64. The number of carboxylic acids is 1. The van der Waals surface area contributed by atoms with Gasteiger partial charge in [-0.3, -0.25) is 0 Å². The fourth-order valence-corrected chi connectivity index (χ4v) is 8.29. The minimum absolute atomic E-state index is 0.0477. The van der Waals surface area contributed by atoms with E-state index >= 15 is 4.39 Å². The number of aromatic nitrogens is 4. The van der Waals surface area contributed by atoms with Crippen molar-refractivity contribution in [3.8, 4) is 17.1 Å². The molecule has 55 heavy (non-hydrogen) atoms. The van der Waals surface area contributed by atoms with Crippen molar-refractivity contribution in [1.82, 2.24) is 24.8 Å². The number of hydrogen-bond donors (Lipinski definition) is 3. The third-order valence-electron chi connectivity index (χ3n) is 9.84. The van der Waals surface area contributed by atoms with Gasteiger partial charge in [0.15, 0.2) is 0 Å². The summed E-state index contributed by atoms with van der Waals surface area (Å²) in [6, 6.07) is 15.1. The average Bonchev–Trinajstić information content (AvgIpc) is 3.30. The Hall–Kier alpha value is -4.92. The number of benzene rings is 2. The average molecular weight is 773 g/mol. The number of hydrogen-bond acceptors (Lipinski definition) is 9. The number of fused-ring (bicyclic) bond motifs is 1. The molecule has 0 radical (unpaired) electrons. The van der Waals surface area contributed by atoms with Crippen LogP contribution in [0.5, 0.6) is 5.88 Å². The lowest BCUT2D eigenvalue weighted by atomic mass is 9.92. The van der Waals surface area contributed by atoms with Gasteiger partial charge in [0.05, 0.1) is 46.1 Å². The SMILES string of the molecule is Cc1cccc(C)c1-c1cc(OC[C@@H]2N[C@H](c3nc4c(cc3F)cc(C(C)(C)C)n4C)CCC[C@H]2OC(C)C)nc(NS(=O)(=O)c2cccc(C(=O)O)c2)n1. The molecule has 0 unspecified atom stereocenters. The largest absolute Gasteiger partial charge is 0.478 e. The molecule has 5 aromatic rings. The molecule has 0 amide bonds. The van der Waals surface area contributed by atoms with Gasteiger partial charge < -0.3 is 24.5 Å². The van der Waals surface area contributed by atoms with Crippen LogP contribution < -0.4 is 14.8 Å². The minimum Gasteiger partial charge on any atom is -0.478 e. The van der Waals surface area contributed by atoms with Gasteiger partial charge in [-0.1, -0.05) is 45.0 Å². The van der Waals surface area contributed by atoms with Crippen LogP contribution in [0.4, 0.5) is 10.3 Å². The molecule has 0 saturated carbocycles. The summed E-state index contributed by atoms with van der Waals surface area (Å²) < 4.78 is 60.2. The van der Waals surface area contributed by atoms with E-state index in [2.05, 4.69) is 40.8 Å². The van der Waals surface area contributed by atoms with E-state index in [9.17, 15) is 18.3 Å². The van der Waals surface area contributed by atoms with Crippen molar-refractivity contribution in [2.24, 2.45) is 7.05 Å². The zero-order valence-corrected chi connectivity index (χ0v) is 33.3. The van der Waals surface area contributed by atoms with E-state index < -0.39 is 28.1 Å². The normalized spacial score (nSPS) is 18.0. The topological polar surface area (TPSA) is 158 Å². The summed E-state index contributed by atoms with van der Waals surface area (Å²) in [6.45, 7) is 14.2. The summed E-state index contributed by atoms with van der Waals surface area (Å²) in [5.41, 5.74) is 4.78. The second-order valence-electron chi connectivity index (χ2n) is 15.5. The first-order valence-electron chi connectivity index (χ1n) is 18.4. The van der Waals surface area contributed by atoms with Crippen molar-refractivity contribution >= 4 is 33.0 Å². The van der Waals surface area contributed by atoms with Crippen molar-refractivity contribution in [3.63, 3.8) is 0 Å². The highest BCUT2D eigenvalue weighted by atomic mass is 32.2. The highest BCUT2D eigenvalue weighted by molar-refractivity contribution is 7.92. The van der Waals surface area contributed by atoms with Crippen molar-refractivity contribution in [2.75, 3.05) is 11.3 Å². The van der Waals surface area contributed by atoms with Gasteiger partial charge in [0.1, 0.15) is 18.1 Å². The van der Waals surface area contributed by atoms with Crippen LogP contribution in [0.15, 0.2) is 65.6 Å². The number of carboxylic acid groups (broad SMARTS) is 1. The second-order valence-corrected chi connectivity index (χ2v) is 17.2. The van der Waals surface area contributed by atoms with Crippen molar-refractivity contribution in [1.29, 1.82) is 0 Å². The van der Waals surface area contributed by atoms with Gasteiger partial charge in [0.25, 0.3) is 10.0 Å². The van der Waals surface area contributed by atoms with E-state index in [0.29, 0.717) is 29.9 Å². The van der Waals surface area contributed by atoms with E-state index in [4.69, 9.17) is 14.5 Å². The van der Waals surface area contributed by atoms with E-state index in [1.807, 2.05) is 63.6 Å². The number of rotatable bonds is 11. The lowest BCUT2D eigenvalue weighted by Crippen LogP contribution is -2.46. The van der Waals surface area contributed by atoms with Crippen LogP contribution in [-0.2, 0) is 27.2 Å². The van der Waals surface area contributed by atoms with E-state index in [1.54, 1.807) is 12.1 Å². The first-order chi connectivity index (χ1) is 25.9. The van der Waals surface area contributed by atoms with Crippen LogP contribution in [0, 0.1) is 19.7 Å². The quantitative estimate of drug-likeness (QED) is 0.122. The van der Waals surface area contributed by atoms with Gasteiger partial charge in [-0.25, -0.2) is 32.3 Å². The number of sulfonamides is 1. The molecule has 1 aliphatic rings. The number of halogens is 1. The van der Waals surface area contributed by atoms with Gasteiger partial charge in [-0.2, -0.15) is 4.98 Å². The number of anilines is 1. The molecular weight excluding hydrogens is 724 g/mol. The second kappa shape index (κ2) is 15.7. The molecule has 2 aromatic carbocycles. The summed E-state index contributed by atoms with van der Waals surface area (Å²) in [5, 5.41) is 13.8. The Balaban J connectivity index is 1.34. The van der Waals surface area contributed by atoms with Gasteiger partial charge in [-0.15, -0.1) is 0 Å². The lowest BCUT2D eigenvalue weighted by molar-refractivity contribution is -0.0249. The lowest BCUT2D eigenvalue weighted by Gasteiger charge is -2.29. The summed E-state index contributed by atoms with van der Waals surface area (Å²) in [6.07, 6.45) is 1.69. The molecule has 3 N–H and O–H groups in total. The third-order valence-corrected chi connectivity index (χ3v) is 11.2. The molecule has 0 aliphatic carbocycles. The summed E-state index contributed by atoms with van der Waals surface area (Å²) in [7, 11) is -2.35. The van der Waals surface area contributed by atoms with Gasteiger partial charge in [0.2, 0.25) is 11.8 Å². The fraction of sp³-hybridized carbons (Fsp3) is 0.415. The van der Waals surface area contributed by atoms with Crippen molar-refractivity contribution in [2.45, 2.75) is 102 Å². The summed E-state index contributed by atoms with van der Waals surface area (Å²) in [5.74, 6) is -1.81. The number of aryl methyl sites for hydroxylation is 3.